The Morgan fingerprint density at radius 2 is 2.05 bits per heavy atom. The van der Waals surface area contributed by atoms with Crippen LogP contribution < -0.4 is 19.5 Å². The van der Waals surface area contributed by atoms with E-state index in [2.05, 4.69) is 0 Å². The average Bonchev–Trinajstić information content (AvgIpc) is 2.65. The monoisotopic (exact) mass is 317 g/mol. The normalized spacial score (nSPS) is 29.5. The van der Waals surface area contributed by atoms with Gasteiger partial charge in [-0.05, 0) is 6.07 Å². The van der Waals surface area contributed by atoms with Crippen LogP contribution in [0, 0.1) is 0 Å². The second kappa shape index (κ2) is 5.80. The third-order valence-corrected chi connectivity index (χ3v) is 3.90. The predicted octanol–water partition coefficient (Wildman–Crippen LogP) is -4.13. The zero-order valence-corrected chi connectivity index (χ0v) is 11.5. The van der Waals surface area contributed by atoms with E-state index in [1.54, 1.807) is 0 Å². The minimum Gasteiger partial charge on any atom is -0.811 e. The molecule has 1 fully saturated rings. The van der Waals surface area contributed by atoms with Gasteiger partial charge in [0.15, 0.2) is 18.5 Å². The van der Waals surface area contributed by atoms with Crippen LogP contribution in [0.5, 0.6) is 0 Å². The Hall–Kier alpha value is -1.35. The molecule has 1 aliphatic rings. The predicted molar refractivity (Wildman–Crippen MR) is 59.4 cm³/mol. The number of pyridine rings is 1. The van der Waals surface area contributed by atoms with E-state index in [0.717, 1.165) is 10.8 Å². The molecule has 1 aromatic rings. The molecule has 4 atom stereocenters. The van der Waals surface area contributed by atoms with Crippen molar-refractivity contribution in [3.8, 4) is 0 Å². The summed E-state index contributed by atoms with van der Waals surface area (Å²) in [6.07, 6.45) is -4.19. The number of aromatic nitrogens is 1. The number of nitrogens with zero attached hydrogens (tertiary/aromatic N) is 1. The zero-order valence-electron chi connectivity index (χ0n) is 10.6. The molecule has 2 heterocycles. The molecule has 0 aliphatic carbocycles. The first-order valence-corrected chi connectivity index (χ1v) is 7.66. The quantitative estimate of drug-likeness (QED) is 0.419. The molecule has 0 amide bonds. The molecule has 1 aromatic heterocycles. The van der Waals surface area contributed by atoms with E-state index < -0.39 is 44.3 Å². The molecule has 0 unspecified atom stereocenters. The lowest BCUT2D eigenvalue weighted by molar-refractivity contribution is -0.765. The number of aromatic carboxylic acids is 1. The maximum atomic E-state index is 10.8. The van der Waals surface area contributed by atoms with Crippen molar-refractivity contribution >= 4 is 13.6 Å². The van der Waals surface area contributed by atoms with Gasteiger partial charge in [-0.1, -0.05) is 7.60 Å². The molecule has 0 spiro atoms. The number of aliphatic hydroxyl groups excluding tert-OH is 2. The van der Waals surface area contributed by atoms with Crippen molar-refractivity contribution < 1.29 is 43.8 Å². The summed E-state index contributed by atoms with van der Waals surface area (Å²) >= 11 is 0. The number of rotatable bonds is 4. The Kier molecular flexibility index (Phi) is 4.43. The summed E-state index contributed by atoms with van der Waals surface area (Å²) in [7, 11) is -4.93. The number of carbonyl (C=O) groups is 1. The van der Waals surface area contributed by atoms with Gasteiger partial charge >= 0.3 is 0 Å². The van der Waals surface area contributed by atoms with Crippen LogP contribution in [0.1, 0.15) is 16.6 Å². The van der Waals surface area contributed by atoms with Crippen molar-refractivity contribution in [1.29, 1.82) is 0 Å². The summed E-state index contributed by atoms with van der Waals surface area (Å²) in [5, 5.41) is 30.3. The van der Waals surface area contributed by atoms with E-state index in [-0.39, 0.29) is 5.56 Å². The number of ether oxygens (including phenoxy) is 1. The van der Waals surface area contributed by atoms with Gasteiger partial charge in [-0.15, -0.1) is 0 Å². The highest BCUT2D eigenvalue weighted by Crippen LogP contribution is 2.33. The minimum absolute atomic E-state index is 0.190. The lowest BCUT2D eigenvalue weighted by Gasteiger charge is -2.32. The molecule has 0 aromatic carbocycles. The molecule has 9 nitrogen and oxygen atoms in total. The van der Waals surface area contributed by atoms with E-state index >= 15 is 0 Å². The Balaban J connectivity index is 2.23. The van der Waals surface area contributed by atoms with E-state index in [9.17, 15) is 34.5 Å². The number of carboxylic acids is 1. The smallest absolute Gasteiger partial charge is 0.291 e. The van der Waals surface area contributed by atoms with Crippen LogP contribution in [0.3, 0.4) is 0 Å². The number of hydrogen-bond donors (Lipinski definition) is 2. The molecule has 10 heteroatoms. The molecule has 1 saturated heterocycles. The standard InChI is InChI=1S/C11H14NO8P/c13-8-7(5-21(17,18)19)20-10(9(8)14)12-3-1-2-6(4-12)11(15)16/h1-4,7-10,13-14H,5H2,(H2-,15,16,17,18,19)/p-2/t7-,8-,9-,10-/m1/s1. The van der Waals surface area contributed by atoms with Crippen LogP contribution >= 0.6 is 7.60 Å². The molecule has 116 valence electrons. The SMILES string of the molecule is O=C([O-])c1ccc[n+]([C@@H]2O[C@H](CP(=O)([O-])[O-])[C@@H](O)[C@H]2O)c1. The second-order valence-corrected chi connectivity index (χ2v) is 6.25. The van der Waals surface area contributed by atoms with Crippen molar-refractivity contribution in [3.63, 3.8) is 0 Å². The highest BCUT2D eigenvalue weighted by Gasteiger charge is 2.48. The van der Waals surface area contributed by atoms with Gasteiger partial charge in [-0.25, -0.2) is 0 Å². The van der Waals surface area contributed by atoms with Crippen LogP contribution in [0.25, 0.3) is 0 Å². The summed E-state index contributed by atoms with van der Waals surface area (Å²) in [5.41, 5.74) is -0.190. The fourth-order valence-electron chi connectivity index (χ4n) is 2.12. The minimum atomic E-state index is -4.93. The second-order valence-electron chi connectivity index (χ2n) is 4.67. The van der Waals surface area contributed by atoms with Crippen LogP contribution in [0.15, 0.2) is 24.5 Å². The summed E-state index contributed by atoms with van der Waals surface area (Å²) < 4.78 is 17.0. The molecule has 2 rings (SSSR count). The summed E-state index contributed by atoms with van der Waals surface area (Å²) in [5.74, 6) is -1.45. The fourth-order valence-corrected chi connectivity index (χ4v) is 2.86. The molecule has 0 bridgehead atoms. The zero-order chi connectivity index (χ0) is 15.8. The van der Waals surface area contributed by atoms with Crippen LogP contribution in [-0.2, 0) is 9.30 Å². The number of hydrogen-bond acceptors (Lipinski definition) is 8. The van der Waals surface area contributed by atoms with E-state index in [4.69, 9.17) is 4.74 Å². The highest BCUT2D eigenvalue weighted by atomic mass is 31.2. The Labute approximate surface area is 119 Å². The molecule has 1 aliphatic heterocycles. The van der Waals surface area contributed by atoms with E-state index in [0.29, 0.717) is 0 Å². The van der Waals surface area contributed by atoms with Gasteiger partial charge in [0.1, 0.15) is 6.10 Å². The summed E-state index contributed by atoms with van der Waals surface area (Å²) in [6.45, 7) is 0. The van der Waals surface area contributed by atoms with Crippen LogP contribution in [0.2, 0.25) is 0 Å². The van der Waals surface area contributed by atoms with Crippen molar-refractivity contribution in [2.75, 3.05) is 6.16 Å². The van der Waals surface area contributed by atoms with Crippen molar-refractivity contribution in [2.24, 2.45) is 0 Å². The Morgan fingerprint density at radius 1 is 1.38 bits per heavy atom. The number of aliphatic hydroxyl groups is 2. The fraction of sp³-hybridized carbons (Fsp3) is 0.455. The molecular formula is C11H12NO8P-2. The third-order valence-electron chi connectivity index (χ3n) is 3.09. The first kappa shape index (κ1) is 16.0. The number of carboxylic acid groups (broad SMARTS) is 1. The maximum Gasteiger partial charge on any atom is 0.291 e. The van der Waals surface area contributed by atoms with Gasteiger partial charge in [-0.3, -0.25) is 0 Å². The summed E-state index contributed by atoms with van der Waals surface area (Å²) in [6, 6.07) is 2.61. The topological polar surface area (TPSA) is 157 Å². The van der Waals surface area contributed by atoms with Crippen LogP contribution in [-0.4, -0.2) is 40.7 Å². The molecule has 0 radical (unpaired) electrons. The van der Waals surface area contributed by atoms with Gasteiger partial charge < -0.3 is 39.2 Å². The third kappa shape index (κ3) is 3.65. The number of carbonyl (C=O) groups excluding carboxylic acids is 1. The Morgan fingerprint density at radius 3 is 2.62 bits per heavy atom. The molecular weight excluding hydrogens is 305 g/mol. The van der Waals surface area contributed by atoms with Gasteiger partial charge in [0.2, 0.25) is 0 Å². The first-order chi connectivity index (χ1) is 9.69. The van der Waals surface area contributed by atoms with Crippen molar-refractivity contribution in [3.05, 3.63) is 30.1 Å². The first-order valence-electron chi connectivity index (χ1n) is 5.94. The van der Waals surface area contributed by atoms with Gasteiger partial charge in [-0.2, -0.15) is 4.57 Å². The van der Waals surface area contributed by atoms with Crippen molar-refractivity contribution in [1.82, 2.24) is 0 Å². The van der Waals surface area contributed by atoms with Crippen molar-refractivity contribution in [2.45, 2.75) is 24.5 Å². The highest BCUT2D eigenvalue weighted by molar-refractivity contribution is 7.48. The molecule has 2 N–H and O–H groups in total. The van der Waals surface area contributed by atoms with E-state index in [1.807, 2.05) is 0 Å². The van der Waals surface area contributed by atoms with Crippen LogP contribution in [0.4, 0.5) is 0 Å². The summed E-state index contributed by atoms with van der Waals surface area (Å²) in [4.78, 5) is 32.2. The largest absolute Gasteiger partial charge is 0.811 e. The Bertz CT molecular complexity index is 587. The van der Waals surface area contributed by atoms with Gasteiger partial charge in [0.25, 0.3) is 6.23 Å². The lowest BCUT2D eigenvalue weighted by Crippen LogP contribution is -2.46. The maximum absolute atomic E-state index is 10.8. The molecule has 21 heavy (non-hydrogen) atoms. The van der Waals surface area contributed by atoms with Gasteiger partial charge in [0.05, 0.1) is 17.6 Å². The van der Waals surface area contributed by atoms with E-state index in [1.165, 1.54) is 18.3 Å². The lowest BCUT2D eigenvalue weighted by atomic mass is 10.1. The van der Waals surface area contributed by atoms with Gasteiger partial charge in [0, 0.05) is 12.2 Å². The average molecular weight is 317 g/mol. The molecule has 0 saturated carbocycles.